The molecule has 1 heterocycles. The van der Waals surface area contributed by atoms with Gasteiger partial charge in [-0.3, -0.25) is 4.90 Å². The number of likely N-dealkylation sites (tertiary alicyclic amines) is 1. The van der Waals surface area contributed by atoms with E-state index < -0.39 is 0 Å². The van der Waals surface area contributed by atoms with Gasteiger partial charge in [0, 0.05) is 29.7 Å². The first-order valence-electron chi connectivity index (χ1n) is 11.2. The molecule has 0 saturated carbocycles. The average molecular weight is 469 g/mol. The first-order valence-corrected chi connectivity index (χ1v) is 12.0. The van der Waals surface area contributed by atoms with Crippen molar-refractivity contribution >= 4 is 23.2 Å². The lowest BCUT2D eigenvalue weighted by Gasteiger charge is -2.32. The van der Waals surface area contributed by atoms with E-state index in [1.807, 2.05) is 6.07 Å². The molecule has 1 saturated heterocycles. The predicted molar refractivity (Wildman–Crippen MR) is 134 cm³/mol. The second-order valence-corrected chi connectivity index (χ2v) is 9.41. The molecular formula is C27H30Cl2N2O. The summed E-state index contributed by atoms with van der Waals surface area (Å²) in [6, 6.07) is 23.2. The zero-order valence-corrected chi connectivity index (χ0v) is 20.0. The van der Waals surface area contributed by atoms with E-state index in [-0.39, 0.29) is 0 Å². The molecule has 0 spiro atoms. The van der Waals surface area contributed by atoms with Gasteiger partial charge in [0.15, 0.2) is 0 Å². The van der Waals surface area contributed by atoms with Gasteiger partial charge >= 0.3 is 0 Å². The smallest absolute Gasteiger partial charge is 0.142 e. The van der Waals surface area contributed by atoms with Gasteiger partial charge in [-0.1, -0.05) is 83.4 Å². The Balaban J connectivity index is 1.32. The summed E-state index contributed by atoms with van der Waals surface area (Å²) in [5.41, 5.74) is 4.73. The fourth-order valence-corrected chi connectivity index (χ4v) is 4.73. The minimum absolute atomic E-state index is 0.477. The van der Waals surface area contributed by atoms with Crippen LogP contribution < -0.4 is 10.1 Å². The van der Waals surface area contributed by atoms with Crippen LogP contribution in [0.2, 0.25) is 10.0 Å². The highest BCUT2D eigenvalue weighted by Gasteiger charge is 2.20. The third kappa shape index (κ3) is 6.49. The van der Waals surface area contributed by atoms with E-state index in [1.165, 1.54) is 11.1 Å². The van der Waals surface area contributed by atoms with E-state index >= 15 is 0 Å². The Morgan fingerprint density at radius 2 is 1.66 bits per heavy atom. The van der Waals surface area contributed by atoms with Crippen LogP contribution in [0.3, 0.4) is 0 Å². The molecule has 32 heavy (non-hydrogen) atoms. The van der Waals surface area contributed by atoms with Crippen molar-refractivity contribution in [1.82, 2.24) is 10.2 Å². The van der Waals surface area contributed by atoms with Gasteiger partial charge in [-0.2, -0.15) is 0 Å². The Labute approximate surface area is 201 Å². The number of hydrogen-bond donors (Lipinski definition) is 1. The van der Waals surface area contributed by atoms with Gasteiger partial charge in [0.05, 0.1) is 5.02 Å². The average Bonchev–Trinajstić information content (AvgIpc) is 2.80. The van der Waals surface area contributed by atoms with Gasteiger partial charge in [0.1, 0.15) is 12.4 Å². The number of halogens is 2. The van der Waals surface area contributed by atoms with Gasteiger partial charge in [-0.25, -0.2) is 0 Å². The van der Waals surface area contributed by atoms with E-state index in [9.17, 15) is 0 Å². The molecular weight excluding hydrogens is 439 g/mol. The van der Waals surface area contributed by atoms with Gasteiger partial charge < -0.3 is 10.1 Å². The number of rotatable bonds is 8. The number of benzene rings is 3. The molecule has 168 valence electrons. The van der Waals surface area contributed by atoms with Crippen LogP contribution in [0, 0.1) is 6.92 Å². The lowest BCUT2D eigenvalue weighted by Crippen LogP contribution is -2.41. The van der Waals surface area contributed by atoms with Crippen LogP contribution in [0.5, 0.6) is 5.75 Å². The summed E-state index contributed by atoms with van der Waals surface area (Å²) in [6.45, 7) is 6.46. The standard InChI is InChI=1S/C27H30Cl2N2O/c1-20-7-9-22(10-8-20)19-32-27-23(15-24(28)16-26(27)29)17-30-25-11-13-31(14-12-25)18-21-5-3-2-4-6-21/h2-10,15-16,25,30H,11-14,17-19H2,1H3. The maximum absolute atomic E-state index is 6.50. The summed E-state index contributed by atoms with van der Waals surface area (Å²) in [5, 5.41) is 4.89. The molecule has 3 aromatic rings. The zero-order chi connectivity index (χ0) is 22.3. The highest BCUT2D eigenvalue weighted by atomic mass is 35.5. The van der Waals surface area contributed by atoms with E-state index in [0.29, 0.717) is 35.0 Å². The topological polar surface area (TPSA) is 24.5 Å². The van der Waals surface area contributed by atoms with E-state index in [0.717, 1.165) is 43.6 Å². The maximum Gasteiger partial charge on any atom is 0.142 e. The molecule has 0 aromatic heterocycles. The van der Waals surface area contributed by atoms with Crippen molar-refractivity contribution in [3.63, 3.8) is 0 Å². The molecule has 1 aliphatic heterocycles. The molecule has 1 aliphatic rings. The monoisotopic (exact) mass is 468 g/mol. The van der Waals surface area contributed by atoms with E-state index in [2.05, 4.69) is 71.7 Å². The minimum atomic E-state index is 0.477. The van der Waals surface area contributed by atoms with E-state index in [4.69, 9.17) is 27.9 Å². The Hall–Kier alpha value is -2.04. The molecule has 5 heteroatoms. The highest BCUT2D eigenvalue weighted by molar-refractivity contribution is 6.35. The number of nitrogens with zero attached hydrogens (tertiary/aromatic N) is 1. The number of aryl methyl sites for hydroxylation is 1. The van der Waals surface area contributed by atoms with Crippen LogP contribution in [0.4, 0.5) is 0 Å². The second-order valence-electron chi connectivity index (χ2n) is 8.57. The van der Waals surface area contributed by atoms with Crippen molar-refractivity contribution in [3.05, 3.63) is 99.0 Å². The summed E-state index contributed by atoms with van der Waals surface area (Å²) >= 11 is 12.8. The molecule has 4 rings (SSSR count). The first-order chi connectivity index (χ1) is 15.6. The Bertz CT molecular complexity index is 1000. The van der Waals surface area contributed by atoms with Crippen molar-refractivity contribution in [3.8, 4) is 5.75 Å². The summed E-state index contributed by atoms with van der Waals surface area (Å²) < 4.78 is 6.13. The third-order valence-electron chi connectivity index (χ3n) is 6.01. The zero-order valence-electron chi connectivity index (χ0n) is 18.5. The van der Waals surface area contributed by atoms with E-state index in [1.54, 1.807) is 6.07 Å². The predicted octanol–water partition coefficient (Wildman–Crippen LogP) is 6.64. The molecule has 0 unspecified atom stereocenters. The maximum atomic E-state index is 6.50. The Morgan fingerprint density at radius 3 is 2.38 bits per heavy atom. The van der Waals surface area contributed by atoms with Crippen molar-refractivity contribution in [1.29, 1.82) is 0 Å². The van der Waals surface area contributed by atoms with Crippen LogP contribution in [0.25, 0.3) is 0 Å². The number of hydrogen-bond acceptors (Lipinski definition) is 3. The minimum Gasteiger partial charge on any atom is -0.487 e. The van der Waals surface area contributed by atoms with Crippen molar-refractivity contribution in [2.75, 3.05) is 13.1 Å². The quantitative estimate of drug-likeness (QED) is 0.401. The lowest BCUT2D eigenvalue weighted by atomic mass is 10.0. The normalized spacial score (nSPS) is 15.1. The largest absolute Gasteiger partial charge is 0.487 e. The number of ether oxygens (including phenoxy) is 1. The van der Waals surface area contributed by atoms with Crippen LogP contribution in [-0.4, -0.2) is 24.0 Å². The molecule has 0 atom stereocenters. The summed E-state index contributed by atoms with van der Waals surface area (Å²) in [6.07, 6.45) is 2.25. The molecule has 1 fully saturated rings. The molecule has 0 aliphatic carbocycles. The first kappa shape index (κ1) is 23.1. The van der Waals surface area contributed by atoms with Crippen molar-refractivity contribution in [2.24, 2.45) is 0 Å². The van der Waals surface area contributed by atoms with Gasteiger partial charge in [0.25, 0.3) is 0 Å². The highest BCUT2D eigenvalue weighted by Crippen LogP contribution is 2.33. The van der Waals surface area contributed by atoms with Crippen LogP contribution >= 0.6 is 23.2 Å². The fraction of sp³-hybridized carbons (Fsp3) is 0.333. The fourth-order valence-electron chi connectivity index (χ4n) is 4.14. The summed E-state index contributed by atoms with van der Waals surface area (Å²) in [5.74, 6) is 0.714. The Morgan fingerprint density at radius 1 is 0.938 bits per heavy atom. The molecule has 0 amide bonds. The third-order valence-corrected chi connectivity index (χ3v) is 6.51. The van der Waals surface area contributed by atoms with Crippen molar-refractivity contribution < 1.29 is 4.74 Å². The van der Waals surface area contributed by atoms with Gasteiger partial charge in [-0.15, -0.1) is 0 Å². The van der Waals surface area contributed by atoms with Crippen molar-refractivity contribution in [2.45, 2.75) is 45.5 Å². The lowest BCUT2D eigenvalue weighted by molar-refractivity contribution is 0.189. The van der Waals surface area contributed by atoms with Gasteiger partial charge in [-0.05, 0) is 56.1 Å². The summed E-state index contributed by atoms with van der Waals surface area (Å²) in [4.78, 5) is 2.53. The van der Waals surface area contributed by atoms with Crippen LogP contribution in [0.15, 0.2) is 66.7 Å². The molecule has 0 radical (unpaired) electrons. The number of nitrogens with one attached hydrogen (secondary N) is 1. The molecule has 3 aromatic carbocycles. The number of piperidine rings is 1. The van der Waals surface area contributed by atoms with Crippen LogP contribution in [0.1, 0.15) is 35.1 Å². The van der Waals surface area contributed by atoms with Crippen LogP contribution in [-0.2, 0) is 19.7 Å². The summed E-state index contributed by atoms with van der Waals surface area (Å²) in [7, 11) is 0. The molecule has 3 nitrogen and oxygen atoms in total. The SMILES string of the molecule is Cc1ccc(COc2c(Cl)cc(Cl)cc2CNC2CCN(Cc3ccccc3)CC2)cc1. The molecule has 0 bridgehead atoms. The van der Waals surface area contributed by atoms with Gasteiger partial charge in [0.2, 0.25) is 0 Å². The Kier molecular flexibility index (Phi) is 8.10. The molecule has 1 N–H and O–H groups in total. The second kappa shape index (κ2) is 11.2.